The average molecular weight is 497 g/mol. The molecule has 1 nitrogen and oxygen atoms in total. The van der Waals surface area contributed by atoms with Gasteiger partial charge in [0, 0.05) is 10.9 Å². The highest BCUT2D eigenvalue weighted by molar-refractivity contribution is 5.86. The van der Waals surface area contributed by atoms with E-state index >= 15 is 0 Å². The summed E-state index contributed by atoms with van der Waals surface area (Å²) in [5.74, 6) is 0. The number of halogens is 9. The fourth-order valence-electron chi connectivity index (χ4n) is 4.66. The number of hydrogen-bond acceptors (Lipinski definition) is 1. The molecule has 0 saturated carbocycles. The van der Waals surface area contributed by atoms with Crippen molar-refractivity contribution >= 4 is 10.9 Å². The summed E-state index contributed by atoms with van der Waals surface area (Å²) in [7, 11) is 0. The van der Waals surface area contributed by atoms with E-state index in [2.05, 4.69) is 4.98 Å². The fraction of sp³-hybridized carbons (Fsp3) is 0.160. The molecule has 0 amide bonds. The van der Waals surface area contributed by atoms with E-state index in [-0.39, 0.29) is 17.3 Å². The highest BCUT2D eigenvalue weighted by Crippen LogP contribution is 2.64. The Bertz CT molecular complexity index is 1450. The van der Waals surface area contributed by atoms with E-state index in [1.165, 1.54) is 12.1 Å². The third-order valence-corrected chi connectivity index (χ3v) is 6.21. The van der Waals surface area contributed by atoms with Crippen LogP contribution in [0.2, 0.25) is 0 Å². The van der Waals surface area contributed by atoms with E-state index < -0.39 is 51.8 Å². The molecule has 3 aromatic carbocycles. The van der Waals surface area contributed by atoms with Gasteiger partial charge in [-0.3, -0.25) is 0 Å². The van der Waals surface area contributed by atoms with Crippen LogP contribution in [0.4, 0.5) is 39.5 Å². The molecular weight excluding hydrogens is 485 g/mol. The first-order chi connectivity index (χ1) is 16.2. The normalized spacial score (nSPS) is 15.2. The summed E-state index contributed by atoms with van der Waals surface area (Å²) in [6.07, 6.45) is -17.1. The van der Waals surface area contributed by atoms with Gasteiger partial charge in [0.2, 0.25) is 5.41 Å². The van der Waals surface area contributed by atoms with Gasteiger partial charge in [0.25, 0.3) is 0 Å². The van der Waals surface area contributed by atoms with Gasteiger partial charge in [0.05, 0.1) is 16.8 Å². The van der Waals surface area contributed by atoms with E-state index in [1.54, 1.807) is 30.3 Å². The molecule has 1 aromatic heterocycles. The molecule has 0 bridgehead atoms. The first-order valence-corrected chi connectivity index (χ1v) is 10.1. The molecule has 0 radical (unpaired) electrons. The van der Waals surface area contributed by atoms with Gasteiger partial charge >= 0.3 is 18.5 Å². The molecule has 1 aliphatic rings. The molecule has 0 spiro atoms. The maximum absolute atomic E-state index is 14.4. The van der Waals surface area contributed by atoms with E-state index in [9.17, 15) is 39.5 Å². The summed E-state index contributed by atoms with van der Waals surface area (Å²) in [4.78, 5) is 4.33. The lowest BCUT2D eigenvalue weighted by Crippen LogP contribution is -2.53. The van der Waals surface area contributed by atoms with Crippen molar-refractivity contribution in [2.75, 3.05) is 0 Å². The Morgan fingerprint density at radius 3 is 1.83 bits per heavy atom. The Morgan fingerprint density at radius 2 is 1.20 bits per heavy atom. The molecule has 0 fully saturated rings. The molecule has 180 valence electrons. The first-order valence-electron chi connectivity index (χ1n) is 10.1. The van der Waals surface area contributed by atoms with Gasteiger partial charge in [-0.1, -0.05) is 42.5 Å². The molecule has 4 aromatic rings. The molecule has 1 aliphatic carbocycles. The molecule has 0 atom stereocenters. The summed E-state index contributed by atoms with van der Waals surface area (Å²) in [6.45, 7) is 0. The standard InChI is InChI=1S/C25H12F9N/c26-23(27,28)15-7-9-17-16-8-5-14(21-10-6-13-3-1-2-4-20(13)35-21)11-18(16)22(19(17)12-15,24(29,30)31)25(32,33)34/h1-12H. The monoisotopic (exact) mass is 497 g/mol. The van der Waals surface area contributed by atoms with Crippen molar-refractivity contribution in [3.8, 4) is 22.4 Å². The summed E-state index contributed by atoms with van der Waals surface area (Å²) >= 11 is 0. The number of fused-ring (bicyclic) bond motifs is 4. The number of benzene rings is 3. The number of rotatable bonds is 1. The largest absolute Gasteiger partial charge is 0.416 e. The van der Waals surface area contributed by atoms with Crippen molar-refractivity contribution in [3.63, 3.8) is 0 Å². The predicted octanol–water partition coefficient (Wildman–Crippen LogP) is 8.31. The van der Waals surface area contributed by atoms with Gasteiger partial charge in [-0.2, -0.15) is 39.5 Å². The number of alkyl halides is 9. The predicted molar refractivity (Wildman–Crippen MR) is 111 cm³/mol. The zero-order chi connectivity index (χ0) is 25.4. The van der Waals surface area contributed by atoms with Gasteiger partial charge < -0.3 is 0 Å². The number of aromatic nitrogens is 1. The molecule has 10 heteroatoms. The second kappa shape index (κ2) is 7.22. The zero-order valence-corrected chi connectivity index (χ0v) is 17.3. The maximum atomic E-state index is 14.4. The second-order valence-corrected chi connectivity index (χ2v) is 8.15. The van der Waals surface area contributed by atoms with Crippen LogP contribution in [0, 0.1) is 0 Å². The average Bonchev–Trinajstić information content (AvgIpc) is 3.08. The summed E-state index contributed by atoms with van der Waals surface area (Å²) in [5, 5.41) is 0.712. The number of nitrogens with zero attached hydrogens (tertiary/aromatic N) is 1. The van der Waals surface area contributed by atoms with Crippen LogP contribution in [0.15, 0.2) is 72.8 Å². The minimum absolute atomic E-state index is 0.0313. The Kier molecular flexibility index (Phi) is 4.79. The Morgan fingerprint density at radius 1 is 0.600 bits per heavy atom. The summed E-state index contributed by atoms with van der Waals surface area (Å²) in [6, 6.07) is 14.0. The quantitative estimate of drug-likeness (QED) is 0.241. The number of para-hydroxylation sites is 1. The highest BCUT2D eigenvalue weighted by atomic mass is 19.4. The van der Waals surface area contributed by atoms with E-state index in [4.69, 9.17) is 0 Å². The lowest BCUT2D eigenvalue weighted by Gasteiger charge is -2.36. The van der Waals surface area contributed by atoms with Crippen LogP contribution in [0.3, 0.4) is 0 Å². The molecule has 0 N–H and O–H groups in total. The number of hydrogen-bond donors (Lipinski definition) is 0. The SMILES string of the molecule is FC(F)(F)c1ccc2c(c1)C(C(F)(F)F)(C(F)(F)F)c1cc(-c3ccc4ccccc4n3)ccc1-2. The van der Waals surface area contributed by atoms with Crippen LogP contribution >= 0.6 is 0 Å². The van der Waals surface area contributed by atoms with Crippen molar-refractivity contribution in [2.24, 2.45) is 0 Å². The molecule has 35 heavy (non-hydrogen) atoms. The van der Waals surface area contributed by atoms with E-state index in [0.717, 1.165) is 12.1 Å². The van der Waals surface area contributed by atoms with Gasteiger partial charge in [-0.15, -0.1) is 0 Å². The van der Waals surface area contributed by atoms with Gasteiger partial charge in [0.1, 0.15) is 0 Å². The van der Waals surface area contributed by atoms with E-state index in [1.807, 2.05) is 0 Å². The van der Waals surface area contributed by atoms with Gasteiger partial charge in [0.15, 0.2) is 0 Å². The van der Waals surface area contributed by atoms with Gasteiger partial charge in [-0.05, 0) is 52.6 Å². The Hall–Kier alpha value is -3.56. The summed E-state index contributed by atoms with van der Waals surface area (Å²) < 4.78 is 126. The van der Waals surface area contributed by atoms with E-state index in [0.29, 0.717) is 23.0 Å². The van der Waals surface area contributed by atoms with Crippen molar-refractivity contribution in [1.82, 2.24) is 4.98 Å². The molecule has 0 unspecified atom stereocenters. The fourth-order valence-corrected chi connectivity index (χ4v) is 4.66. The molecule has 1 heterocycles. The minimum Gasteiger partial charge on any atom is -0.248 e. The van der Waals surface area contributed by atoms with Crippen LogP contribution < -0.4 is 0 Å². The van der Waals surface area contributed by atoms with Crippen molar-refractivity contribution in [1.29, 1.82) is 0 Å². The lowest BCUT2D eigenvalue weighted by atomic mass is 9.75. The Labute approximate surface area is 191 Å². The third kappa shape index (κ3) is 3.30. The number of pyridine rings is 1. The second-order valence-electron chi connectivity index (χ2n) is 8.15. The van der Waals surface area contributed by atoms with Crippen LogP contribution in [-0.2, 0) is 11.6 Å². The molecular formula is C25H12F9N. The molecule has 5 rings (SSSR count). The van der Waals surface area contributed by atoms with Gasteiger partial charge in [-0.25, -0.2) is 4.98 Å². The Balaban J connectivity index is 1.82. The van der Waals surface area contributed by atoms with Crippen molar-refractivity contribution < 1.29 is 39.5 Å². The highest BCUT2D eigenvalue weighted by Gasteiger charge is 2.75. The summed E-state index contributed by atoms with van der Waals surface area (Å²) in [5.41, 5.74) is -9.34. The van der Waals surface area contributed by atoms with Crippen LogP contribution in [-0.4, -0.2) is 17.3 Å². The topological polar surface area (TPSA) is 12.9 Å². The van der Waals surface area contributed by atoms with Crippen LogP contribution in [0.5, 0.6) is 0 Å². The maximum Gasteiger partial charge on any atom is 0.416 e. The zero-order valence-electron chi connectivity index (χ0n) is 17.3. The van der Waals surface area contributed by atoms with Crippen LogP contribution in [0.1, 0.15) is 16.7 Å². The smallest absolute Gasteiger partial charge is 0.248 e. The van der Waals surface area contributed by atoms with Crippen molar-refractivity contribution in [3.05, 3.63) is 89.5 Å². The molecule has 0 saturated heterocycles. The first kappa shape index (κ1) is 23.2. The third-order valence-electron chi connectivity index (χ3n) is 6.21. The lowest BCUT2D eigenvalue weighted by molar-refractivity contribution is -0.287. The molecule has 0 aliphatic heterocycles. The van der Waals surface area contributed by atoms with Crippen LogP contribution in [0.25, 0.3) is 33.3 Å². The van der Waals surface area contributed by atoms with Crippen molar-refractivity contribution in [2.45, 2.75) is 23.9 Å². The minimum atomic E-state index is -5.98.